The van der Waals surface area contributed by atoms with Crippen molar-refractivity contribution in [3.63, 3.8) is 0 Å². The standard InChI is InChI=1S/C11H18BrN3O2S/c1-9-13-8-11(14-9)18(16,17)15(7-6-12)10-4-2-3-5-10/h8,10H,2-7H2,1H3,(H,13,14). The highest BCUT2D eigenvalue weighted by Gasteiger charge is 2.33. The predicted molar refractivity (Wildman–Crippen MR) is 73.3 cm³/mol. The molecule has 5 nitrogen and oxygen atoms in total. The molecule has 1 heterocycles. The highest BCUT2D eigenvalue weighted by molar-refractivity contribution is 9.09. The molecule has 0 bridgehead atoms. The van der Waals surface area contributed by atoms with Crippen LogP contribution in [0.3, 0.4) is 0 Å². The first kappa shape index (κ1) is 14.0. The van der Waals surface area contributed by atoms with Crippen molar-refractivity contribution in [1.29, 1.82) is 0 Å². The van der Waals surface area contributed by atoms with Crippen molar-refractivity contribution in [3.05, 3.63) is 12.0 Å². The molecule has 7 heteroatoms. The summed E-state index contributed by atoms with van der Waals surface area (Å²) in [5.74, 6) is 0.624. The molecule has 0 atom stereocenters. The van der Waals surface area contributed by atoms with Crippen molar-refractivity contribution in [2.75, 3.05) is 11.9 Å². The third-order valence-electron chi connectivity index (χ3n) is 3.30. The smallest absolute Gasteiger partial charge is 0.260 e. The summed E-state index contributed by atoms with van der Waals surface area (Å²) in [6.07, 6.45) is 5.54. The number of hydrogen-bond donors (Lipinski definition) is 1. The lowest BCUT2D eigenvalue weighted by Crippen LogP contribution is -2.40. The Morgan fingerprint density at radius 2 is 2.17 bits per heavy atom. The lowest BCUT2D eigenvalue weighted by Gasteiger charge is -2.26. The molecule has 102 valence electrons. The minimum atomic E-state index is -3.44. The van der Waals surface area contributed by atoms with Gasteiger partial charge in [0.15, 0.2) is 5.03 Å². The maximum Gasteiger partial charge on any atom is 0.260 e. The van der Waals surface area contributed by atoms with Crippen LogP contribution in [-0.2, 0) is 10.0 Å². The van der Waals surface area contributed by atoms with Crippen LogP contribution in [0.2, 0.25) is 0 Å². The van der Waals surface area contributed by atoms with E-state index in [1.54, 1.807) is 11.2 Å². The molecule has 1 aliphatic rings. The third kappa shape index (κ3) is 2.78. The second-order valence-electron chi connectivity index (χ2n) is 4.58. The number of sulfonamides is 1. The van der Waals surface area contributed by atoms with Gasteiger partial charge >= 0.3 is 0 Å². The number of rotatable bonds is 5. The zero-order chi connectivity index (χ0) is 13.2. The second-order valence-corrected chi connectivity index (χ2v) is 7.23. The zero-order valence-electron chi connectivity index (χ0n) is 10.4. The molecule has 0 aromatic carbocycles. The molecule has 1 fully saturated rings. The van der Waals surface area contributed by atoms with Gasteiger partial charge in [0.05, 0.1) is 6.20 Å². The molecule has 0 unspecified atom stereocenters. The number of hydrogen-bond acceptors (Lipinski definition) is 3. The Bertz CT molecular complexity index is 494. The average molecular weight is 336 g/mol. The van der Waals surface area contributed by atoms with Crippen molar-refractivity contribution < 1.29 is 8.42 Å². The summed E-state index contributed by atoms with van der Waals surface area (Å²) in [4.78, 5) is 6.80. The van der Waals surface area contributed by atoms with E-state index in [1.165, 1.54) is 6.20 Å². The largest absolute Gasteiger partial charge is 0.332 e. The summed E-state index contributed by atoms with van der Waals surface area (Å²) in [5.41, 5.74) is 0. The van der Waals surface area contributed by atoms with Gasteiger partial charge in [-0.2, -0.15) is 4.31 Å². The molecule has 1 saturated carbocycles. The van der Waals surface area contributed by atoms with Crippen LogP contribution in [0, 0.1) is 6.92 Å². The van der Waals surface area contributed by atoms with Crippen molar-refractivity contribution in [2.45, 2.75) is 43.7 Å². The molecule has 0 amide bonds. The molecule has 0 spiro atoms. The van der Waals surface area contributed by atoms with Crippen molar-refractivity contribution in [3.8, 4) is 0 Å². The molecule has 18 heavy (non-hydrogen) atoms. The Morgan fingerprint density at radius 3 is 2.67 bits per heavy atom. The van der Waals surface area contributed by atoms with E-state index < -0.39 is 10.0 Å². The fourth-order valence-corrected chi connectivity index (χ4v) is 4.70. The lowest BCUT2D eigenvalue weighted by atomic mass is 10.2. The molecule has 0 aliphatic heterocycles. The first-order valence-electron chi connectivity index (χ1n) is 6.15. The van der Waals surface area contributed by atoms with Crippen LogP contribution in [0.1, 0.15) is 31.5 Å². The van der Waals surface area contributed by atoms with Crippen LogP contribution in [0.4, 0.5) is 0 Å². The van der Waals surface area contributed by atoms with Gasteiger partial charge in [0, 0.05) is 17.9 Å². The molecule has 1 aliphatic carbocycles. The van der Waals surface area contributed by atoms with Gasteiger partial charge in [-0.05, 0) is 19.8 Å². The van der Waals surface area contributed by atoms with E-state index in [0.717, 1.165) is 25.7 Å². The van der Waals surface area contributed by atoms with E-state index in [4.69, 9.17) is 0 Å². The summed E-state index contributed by atoms with van der Waals surface area (Å²) in [6.45, 7) is 2.26. The van der Waals surface area contributed by atoms with Gasteiger partial charge in [0.1, 0.15) is 5.82 Å². The van der Waals surface area contributed by atoms with E-state index in [-0.39, 0.29) is 11.1 Å². The monoisotopic (exact) mass is 335 g/mol. The second kappa shape index (κ2) is 5.71. The summed E-state index contributed by atoms with van der Waals surface area (Å²) < 4.78 is 26.7. The van der Waals surface area contributed by atoms with Gasteiger partial charge in [-0.25, -0.2) is 13.4 Å². The SMILES string of the molecule is Cc1ncc(S(=O)(=O)N(CCBr)C2CCCC2)[nH]1. The summed E-state index contributed by atoms with van der Waals surface area (Å²) in [7, 11) is -3.44. The normalized spacial score (nSPS) is 17.7. The average Bonchev–Trinajstić information content (AvgIpc) is 2.96. The van der Waals surface area contributed by atoms with Crippen molar-refractivity contribution >= 4 is 26.0 Å². The van der Waals surface area contributed by atoms with E-state index in [9.17, 15) is 8.42 Å². The van der Waals surface area contributed by atoms with Gasteiger partial charge in [-0.1, -0.05) is 28.8 Å². The number of nitrogens with one attached hydrogen (secondary N) is 1. The van der Waals surface area contributed by atoms with Crippen LogP contribution >= 0.6 is 15.9 Å². The molecule has 1 aromatic rings. The van der Waals surface area contributed by atoms with E-state index >= 15 is 0 Å². The lowest BCUT2D eigenvalue weighted by molar-refractivity contribution is 0.337. The Kier molecular flexibility index (Phi) is 4.45. The van der Waals surface area contributed by atoms with E-state index in [0.29, 0.717) is 17.7 Å². The minimum Gasteiger partial charge on any atom is -0.332 e. The maximum atomic E-state index is 12.6. The fraction of sp³-hybridized carbons (Fsp3) is 0.727. The highest BCUT2D eigenvalue weighted by Crippen LogP contribution is 2.28. The zero-order valence-corrected chi connectivity index (χ0v) is 12.8. The number of nitrogens with zero attached hydrogens (tertiary/aromatic N) is 2. The number of halogens is 1. The Labute approximate surface area is 116 Å². The molecular weight excluding hydrogens is 318 g/mol. The number of aromatic nitrogens is 2. The first-order chi connectivity index (χ1) is 8.55. The molecule has 2 rings (SSSR count). The molecule has 0 saturated heterocycles. The molecular formula is C11H18BrN3O2S. The number of aryl methyl sites for hydroxylation is 1. The van der Waals surface area contributed by atoms with Crippen LogP contribution in [0.15, 0.2) is 11.2 Å². The Morgan fingerprint density at radius 1 is 1.50 bits per heavy atom. The van der Waals surface area contributed by atoms with Crippen LogP contribution in [0.25, 0.3) is 0 Å². The van der Waals surface area contributed by atoms with Gasteiger partial charge < -0.3 is 4.98 Å². The quantitative estimate of drug-likeness (QED) is 0.837. The van der Waals surface area contributed by atoms with Crippen LogP contribution in [-0.4, -0.2) is 40.6 Å². The van der Waals surface area contributed by atoms with Gasteiger partial charge in [-0.15, -0.1) is 0 Å². The maximum absolute atomic E-state index is 12.6. The molecule has 1 aromatic heterocycles. The summed E-state index contributed by atoms with van der Waals surface area (Å²) in [6, 6.07) is 0.135. The third-order valence-corrected chi connectivity index (χ3v) is 5.52. The topological polar surface area (TPSA) is 66.1 Å². The van der Waals surface area contributed by atoms with Gasteiger partial charge in [-0.3, -0.25) is 0 Å². The highest BCUT2D eigenvalue weighted by atomic mass is 79.9. The first-order valence-corrected chi connectivity index (χ1v) is 8.71. The van der Waals surface area contributed by atoms with Crippen molar-refractivity contribution in [2.24, 2.45) is 0 Å². The van der Waals surface area contributed by atoms with Crippen molar-refractivity contribution in [1.82, 2.24) is 14.3 Å². The van der Waals surface area contributed by atoms with Gasteiger partial charge in [0.25, 0.3) is 10.0 Å². The number of alkyl halides is 1. The number of imidazole rings is 1. The van der Waals surface area contributed by atoms with Crippen LogP contribution < -0.4 is 0 Å². The Balaban J connectivity index is 2.28. The minimum absolute atomic E-state index is 0.135. The number of H-pyrrole nitrogens is 1. The number of aromatic amines is 1. The van der Waals surface area contributed by atoms with E-state index in [1.807, 2.05) is 0 Å². The molecule has 1 N–H and O–H groups in total. The van der Waals surface area contributed by atoms with E-state index in [2.05, 4.69) is 25.9 Å². The summed E-state index contributed by atoms with van der Waals surface area (Å²) >= 11 is 3.34. The van der Waals surface area contributed by atoms with Gasteiger partial charge in [0.2, 0.25) is 0 Å². The molecule has 0 radical (unpaired) electrons. The fourth-order valence-electron chi connectivity index (χ4n) is 2.43. The predicted octanol–water partition coefficient (Wildman–Crippen LogP) is 2.05. The summed E-state index contributed by atoms with van der Waals surface area (Å²) in [5, 5.41) is 0.850. The Hall–Kier alpha value is -0.400. The van der Waals surface area contributed by atoms with Crippen LogP contribution in [0.5, 0.6) is 0 Å².